The van der Waals surface area contributed by atoms with Crippen LogP contribution in [0.4, 0.5) is 100 Å². The third-order valence-electron chi connectivity index (χ3n) is 5.82. The van der Waals surface area contributed by atoms with Crippen LogP contribution in [-0.4, -0.2) is 165 Å². The molecule has 0 aromatic carbocycles. The van der Waals surface area contributed by atoms with Crippen LogP contribution < -0.4 is 45.9 Å². The van der Waals surface area contributed by atoms with Crippen LogP contribution in [0.5, 0.6) is 0 Å². The molecule has 0 fully saturated rings. The predicted molar refractivity (Wildman–Crippen MR) is 282 cm³/mol. The van der Waals surface area contributed by atoms with Gasteiger partial charge in [0.15, 0.2) is 40.5 Å². The maximum absolute atomic E-state index is 10.7. The molecule has 8 rings (SSSR count). The molecule has 0 bridgehead atoms. The van der Waals surface area contributed by atoms with Gasteiger partial charge >= 0.3 is 112 Å². The molecule has 544 valence electrons. The second-order valence-corrected chi connectivity index (χ2v) is 17.9. The Kier molecular flexibility index (Phi) is 64.6. The molecule has 8 aromatic rings. The van der Waals surface area contributed by atoms with Crippen molar-refractivity contribution in [3.05, 3.63) is 148 Å². The van der Waals surface area contributed by atoms with Crippen molar-refractivity contribution in [3.63, 3.8) is 0 Å². The number of anilines is 8. The first-order valence-electron chi connectivity index (χ1n) is 20.4. The van der Waals surface area contributed by atoms with Crippen LogP contribution in [0.25, 0.3) is 0 Å². The summed E-state index contributed by atoms with van der Waals surface area (Å²) in [5, 5.41) is 0. The molecular weight excluding hydrogens is 1780 g/mol. The fourth-order valence-electron chi connectivity index (χ4n) is 2.48. The summed E-state index contributed by atoms with van der Waals surface area (Å²) in [6, 6.07) is 13.7. The Balaban J connectivity index is -0.000000102. The Morgan fingerprint density at radius 3 is 0.298 bits per heavy atom. The number of nitrogens with zero attached hydrogens (tertiary/aromatic N) is 16. The molecule has 0 saturated carbocycles. The van der Waals surface area contributed by atoms with Gasteiger partial charge in [0.1, 0.15) is 0 Å². The zero-order valence-electron chi connectivity index (χ0n) is 44.9. The number of alkyl halides is 12. The van der Waals surface area contributed by atoms with Crippen molar-refractivity contribution in [1.82, 2.24) is 79.7 Å². The summed E-state index contributed by atoms with van der Waals surface area (Å²) in [6.45, 7) is 0. The van der Waals surface area contributed by atoms with E-state index in [1.807, 2.05) is 0 Å². The third kappa shape index (κ3) is 69.1. The topological polar surface area (TPSA) is 706 Å². The first kappa shape index (κ1) is 108. The summed E-state index contributed by atoms with van der Waals surface area (Å²) < 4.78 is 236. The Bertz CT molecular complexity index is 2900. The van der Waals surface area contributed by atoms with Crippen LogP contribution in [0.1, 0.15) is 0 Å². The number of hydrogen-bond donors (Lipinski definition) is 8. The van der Waals surface area contributed by atoms with Gasteiger partial charge in [-0.25, -0.2) is 113 Å². The Hall–Kier alpha value is -7.28. The van der Waals surface area contributed by atoms with Crippen LogP contribution in [0.2, 0.25) is 0 Å². The molecule has 38 nitrogen and oxygen atoms in total. The van der Waals surface area contributed by atoms with E-state index in [0.717, 1.165) is 0 Å². The van der Waals surface area contributed by atoms with Gasteiger partial charge in [0.2, 0.25) is 47.6 Å². The van der Waals surface area contributed by atoms with Gasteiger partial charge in [-0.15, -0.1) is 0 Å². The van der Waals surface area contributed by atoms with E-state index in [1.54, 1.807) is 148 Å². The van der Waals surface area contributed by atoms with E-state index in [0.29, 0.717) is 47.6 Å². The van der Waals surface area contributed by atoms with Gasteiger partial charge in [0, 0.05) is 99.1 Å². The summed E-state index contributed by atoms with van der Waals surface area (Å²) in [4.78, 5) is 58.3. The van der Waals surface area contributed by atoms with Gasteiger partial charge in [-0.3, -0.25) is 0 Å². The molecule has 0 unspecified atom stereocenters. The molecule has 8 aromatic heterocycles. The SMILES string of the molecule is Nc1ncccn1.Nc1ncccn1.Nc1ncccn1.Nc1ncccn1.Nc1ncccn1.Nc1ncccn1.Nc1ncccn1.Nc1ncccn1.O.O.O=S(=O)([O-])C(F)(F)F.O=S(=O)([O-])C(F)(F)F.O=S(=O)([O-])C(F)(F)F.O=S(=O)([O-])C(F)(F)F.[Ag+].[Ag+].[Ag+].[Ag+]. The number of rotatable bonds is 0. The molecule has 8 heterocycles. The quantitative estimate of drug-likeness (QED) is 0.0391. The van der Waals surface area contributed by atoms with Gasteiger partial charge in [0.05, 0.1) is 0 Å². The first-order valence-corrected chi connectivity index (χ1v) is 26.1. The van der Waals surface area contributed by atoms with Gasteiger partial charge in [-0.2, -0.15) is 52.7 Å². The van der Waals surface area contributed by atoms with Crippen molar-refractivity contribution in [2.75, 3.05) is 45.9 Å². The molecular formula is C36H44Ag4F12N24O14S4. The van der Waals surface area contributed by atoms with E-state index in [1.165, 1.54) is 0 Å². The molecule has 0 aliphatic rings. The van der Waals surface area contributed by atoms with Crippen LogP contribution in [-0.2, 0) is 130 Å². The number of nitrogen functional groups attached to an aromatic ring is 8. The summed E-state index contributed by atoms with van der Waals surface area (Å²) in [5.74, 6) is 2.57. The van der Waals surface area contributed by atoms with Gasteiger partial charge in [-0.1, -0.05) is 0 Å². The number of aromatic nitrogens is 16. The van der Waals surface area contributed by atoms with Crippen LogP contribution >= 0.6 is 0 Å². The van der Waals surface area contributed by atoms with Crippen molar-refractivity contribution in [3.8, 4) is 0 Å². The smallest absolute Gasteiger partial charge is 0.741 e. The molecule has 20 N–H and O–H groups in total. The Labute approximate surface area is 584 Å². The van der Waals surface area contributed by atoms with E-state index in [-0.39, 0.29) is 100 Å². The molecule has 0 aliphatic carbocycles. The Morgan fingerprint density at radius 2 is 0.277 bits per heavy atom. The second kappa shape index (κ2) is 56.1. The first-order chi connectivity index (χ1) is 40.2. The van der Waals surface area contributed by atoms with Gasteiger partial charge in [-0.05, 0) is 48.5 Å². The summed E-state index contributed by atoms with van der Waals surface area (Å²) >= 11 is 0. The van der Waals surface area contributed by atoms with Crippen molar-refractivity contribution in [2.24, 2.45) is 0 Å². The molecule has 94 heavy (non-hydrogen) atoms. The monoisotopic (exact) mass is 1820 g/mol. The zero-order chi connectivity index (χ0) is 68.9. The van der Waals surface area contributed by atoms with Gasteiger partial charge in [0.25, 0.3) is 0 Å². The minimum atomic E-state index is -6.09. The maximum Gasteiger partial charge on any atom is 1.00 e. The van der Waals surface area contributed by atoms with E-state index in [9.17, 15) is 52.7 Å². The molecule has 0 amide bonds. The summed E-state index contributed by atoms with van der Waals surface area (Å²) in [7, 11) is -24.4. The largest absolute Gasteiger partial charge is 1.00 e. The minimum absolute atomic E-state index is 0. The normalized spacial score (nSPS) is 9.87. The van der Waals surface area contributed by atoms with Crippen molar-refractivity contribution >= 4 is 88.1 Å². The number of hydrogen-bond acceptors (Lipinski definition) is 36. The maximum atomic E-state index is 10.7. The van der Waals surface area contributed by atoms with Crippen molar-refractivity contribution < 1.29 is 205 Å². The summed E-state index contributed by atoms with van der Waals surface area (Å²) in [5.41, 5.74) is 18.5. The summed E-state index contributed by atoms with van der Waals surface area (Å²) in [6.07, 6.45) is 25.6. The predicted octanol–water partition coefficient (Wildman–Crippen LogP) is -0.983. The van der Waals surface area contributed by atoms with Crippen molar-refractivity contribution in [1.29, 1.82) is 0 Å². The van der Waals surface area contributed by atoms with Crippen molar-refractivity contribution in [2.45, 2.75) is 22.0 Å². The fourth-order valence-corrected chi connectivity index (χ4v) is 2.48. The molecule has 58 heteroatoms. The van der Waals surface area contributed by atoms with Crippen LogP contribution in [0, 0.1) is 0 Å². The molecule has 0 spiro atoms. The third-order valence-corrected chi connectivity index (χ3v) is 8.09. The van der Waals surface area contributed by atoms with Crippen LogP contribution in [0.3, 0.4) is 0 Å². The minimum Gasteiger partial charge on any atom is -0.741 e. The van der Waals surface area contributed by atoms with E-state index >= 15 is 0 Å². The average Bonchev–Trinajstić information content (AvgIpc) is 0.991. The van der Waals surface area contributed by atoms with E-state index in [2.05, 4.69) is 79.7 Å². The zero-order valence-corrected chi connectivity index (χ0v) is 54.1. The second-order valence-electron chi connectivity index (χ2n) is 12.5. The molecule has 0 saturated heterocycles. The number of nitrogens with two attached hydrogens (primary N) is 8. The van der Waals surface area contributed by atoms with Crippen LogP contribution in [0.15, 0.2) is 148 Å². The molecule has 0 atom stereocenters. The van der Waals surface area contributed by atoms with Gasteiger partial charge < -0.3 is 75.0 Å². The Morgan fingerprint density at radius 1 is 0.223 bits per heavy atom. The standard InChI is InChI=1S/8C4H5N3.4CHF3O3S.4Ag.2H2O/c8*5-4-6-2-1-3-7-4;4*2-1(3,4)8(5,6)7;;;;;;/h8*1-3H,(H2,5,6,7);4*(H,5,6,7);;;;;2*1H2/q;;;;;;;;;;;;4*+1;;/p-4. The van der Waals surface area contributed by atoms with E-state index in [4.69, 9.17) is 97.8 Å². The van der Waals surface area contributed by atoms with E-state index < -0.39 is 62.5 Å². The molecule has 0 aliphatic heterocycles. The number of halogens is 12. The molecule has 0 radical (unpaired) electrons. The average molecular weight is 1820 g/mol. The fraction of sp³-hybridized carbons (Fsp3) is 0.111.